The normalized spacial score (nSPS) is 18.4. The van der Waals surface area contributed by atoms with Gasteiger partial charge in [-0.25, -0.2) is 0 Å². The highest BCUT2D eigenvalue weighted by atomic mass is 15.1. The zero-order chi connectivity index (χ0) is 14.0. The van der Waals surface area contributed by atoms with Crippen molar-refractivity contribution in [3.63, 3.8) is 0 Å². The van der Waals surface area contributed by atoms with Crippen LogP contribution in [0.1, 0.15) is 53.4 Å². The van der Waals surface area contributed by atoms with Crippen LogP contribution in [0, 0.1) is 0 Å². The molecule has 2 rings (SSSR count). The zero-order valence-electron chi connectivity index (χ0n) is 12.7. The molecule has 1 aliphatic heterocycles. The zero-order valence-corrected chi connectivity index (χ0v) is 12.7. The molecule has 1 atom stereocenters. The van der Waals surface area contributed by atoms with E-state index < -0.39 is 0 Å². The average molecular weight is 252 g/mol. The number of rotatable bonds is 1. The fraction of sp³-hybridized carbons (Fsp3) is 0.625. The Morgan fingerprint density at radius 2 is 1.72 bits per heavy atom. The molecule has 0 saturated carbocycles. The maximum atomic E-state index is 5.64. The molecule has 2 heteroatoms. The number of nitrogens with two attached hydrogens (primary N) is 1. The van der Waals surface area contributed by atoms with Gasteiger partial charge in [0.2, 0.25) is 0 Å². The molecule has 1 aliphatic rings. The minimum absolute atomic E-state index is 0. The van der Waals surface area contributed by atoms with Gasteiger partial charge in [-0.3, -0.25) is 0 Å². The number of benzene rings is 1. The molecule has 0 aliphatic carbocycles. The lowest BCUT2D eigenvalue weighted by Gasteiger charge is -2.10. The Hall–Kier alpha value is -1.02. The van der Waals surface area contributed by atoms with Gasteiger partial charge in [0.05, 0.1) is 0 Å². The van der Waals surface area contributed by atoms with E-state index in [-0.39, 0.29) is 1.43 Å². The van der Waals surface area contributed by atoms with Gasteiger partial charge in [0, 0.05) is 13.7 Å². The first-order valence-electron chi connectivity index (χ1n) is 7.21. The van der Waals surface area contributed by atoms with E-state index in [1.165, 1.54) is 31.5 Å². The van der Waals surface area contributed by atoms with Gasteiger partial charge < -0.3 is 10.6 Å². The third kappa shape index (κ3) is 6.06. The molecule has 106 valence electrons. The molecule has 0 aromatic heterocycles. The van der Waals surface area contributed by atoms with Gasteiger partial charge in [0.15, 0.2) is 0 Å². The number of anilines is 1. The number of nitrogen functional groups attached to an aromatic ring is 1. The molecule has 1 saturated heterocycles. The van der Waals surface area contributed by atoms with E-state index in [0.29, 0.717) is 5.92 Å². The maximum absolute atomic E-state index is 5.64. The monoisotopic (exact) mass is 252 g/mol. The van der Waals surface area contributed by atoms with Crippen LogP contribution in [0.4, 0.5) is 5.69 Å². The second-order valence-corrected chi connectivity index (χ2v) is 4.62. The number of likely N-dealkylation sites (N-methyl/N-ethyl adjacent to an activating group) is 1. The number of likely N-dealkylation sites (tertiary alicyclic amines) is 1. The van der Waals surface area contributed by atoms with Gasteiger partial charge in [-0.1, -0.05) is 46.2 Å². The molecule has 1 heterocycles. The molecule has 0 spiro atoms. The largest absolute Gasteiger partial charge is 0.399 e. The molecule has 1 fully saturated rings. The van der Waals surface area contributed by atoms with Crippen molar-refractivity contribution < 1.29 is 1.43 Å². The summed E-state index contributed by atoms with van der Waals surface area (Å²) in [4.78, 5) is 2.38. The Morgan fingerprint density at radius 3 is 2.11 bits per heavy atom. The third-order valence-electron chi connectivity index (χ3n) is 2.80. The summed E-state index contributed by atoms with van der Waals surface area (Å²) >= 11 is 0. The number of hydrogen-bond donors (Lipinski definition) is 1. The summed E-state index contributed by atoms with van der Waals surface area (Å²) in [5, 5.41) is 0. The van der Waals surface area contributed by atoms with E-state index >= 15 is 0 Å². The maximum Gasteiger partial charge on any atom is 0.0314 e. The summed E-state index contributed by atoms with van der Waals surface area (Å²) in [6, 6.07) is 8.29. The molecule has 1 unspecified atom stereocenters. The Balaban J connectivity index is 0. The van der Waals surface area contributed by atoms with Crippen molar-refractivity contribution in [2.45, 2.75) is 46.5 Å². The molecule has 2 nitrogen and oxygen atoms in total. The Labute approximate surface area is 115 Å². The first-order chi connectivity index (χ1) is 8.67. The van der Waals surface area contributed by atoms with Crippen LogP contribution in [-0.2, 0) is 0 Å². The second kappa shape index (κ2) is 9.95. The average Bonchev–Trinajstić information content (AvgIpc) is 2.80. The minimum Gasteiger partial charge on any atom is -0.399 e. The van der Waals surface area contributed by atoms with Crippen LogP contribution in [0.5, 0.6) is 0 Å². The molecule has 0 radical (unpaired) electrons. The highest BCUT2D eigenvalue weighted by molar-refractivity contribution is 5.40. The molecular weight excluding hydrogens is 220 g/mol. The summed E-state index contributed by atoms with van der Waals surface area (Å²) in [5.41, 5.74) is 7.93. The van der Waals surface area contributed by atoms with Crippen molar-refractivity contribution in [2.24, 2.45) is 0 Å². The van der Waals surface area contributed by atoms with E-state index in [9.17, 15) is 0 Å². The Morgan fingerprint density at radius 1 is 1.22 bits per heavy atom. The topological polar surface area (TPSA) is 29.3 Å². The van der Waals surface area contributed by atoms with Crippen LogP contribution in [0.15, 0.2) is 24.3 Å². The standard InChI is InChI=1S/C11H16N2.C3H8.C2H6.H2/c1-13-7-6-10(8-13)9-2-4-11(12)5-3-9;1-3-2;1-2;/h2-5,10H,6-8,12H2,1H3;3H2,1-2H3;1-2H3;1H. The van der Waals surface area contributed by atoms with Crippen LogP contribution in [0.2, 0.25) is 0 Å². The van der Waals surface area contributed by atoms with E-state index in [4.69, 9.17) is 5.73 Å². The minimum atomic E-state index is 0. The van der Waals surface area contributed by atoms with E-state index in [1.54, 1.807) is 0 Å². The Bertz CT molecular complexity index is 298. The van der Waals surface area contributed by atoms with Crippen LogP contribution in [0.25, 0.3) is 0 Å². The quantitative estimate of drug-likeness (QED) is 0.752. The smallest absolute Gasteiger partial charge is 0.0314 e. The highest BCUT2D eigenvalue weighted by Crippen LogP contribution is 2.26. The SMILES string of the molecule is CC.CCC.CN1CCC(c2ccc(N)cc2)C1.[HH]. The predicted molar refractivity (Wildman–Crippen MR) is 85.1 cm³/mol. The van der Waals surface area contributed by atoms with Crippen molar-refractivity contribution in [1.29, 1.82) is 0 Å². The lowest BCUT2D eigenvalue weighted by molar-refractivity contribution is 0.411. The van der Waals surface area contributed by atoms with Gasteiger partial charge in [0.1, 0.15) is 0 Å². The summed E-state index contributed by atoms with van der Waals surface area (Å²) in [6.07, 6.45) is 2.53. The van der Waals surface area contributed by atoms with Gasteiger partial charge in [-0.15, -0.1) is 0 Å². The predicted octanol–water partition coefficient (Wildman–Crippen LogP) is 4.38. The van der Waals surface area contributed by atoms with E-state index in [0.717, 1.165) is 5.69 Å². The van der Waals surface area contributed by atoms with Crippen LogP contribution in [0.3, 0.4) is 0 Å². The highest BCUT2D eigenvalue weighted by Gasteiger charge is 2.20. The Kier molecular flexibility index (Phi) is 9.39. The summed E-state index contributed by atoms with van der Waals surface area (Å²) in [7, 11) is 2.18. The van der Waals surface area contributed by atoms with Crippen molar-refractivity contribution in [3.8, 4) is 0 Å². The van der Waals surface area contributed by atoms with E-state index in [2.05, 4.69) is 37.9 Å². The molecule has 2 N–H and O–H groups in total. The summed E-state index contributed by atoms with van der Waals surface area (Å²) in [6.45, 7) is 10.7. The van der Waals surface area contributed by atoms with Gasteiger partial charge in [0.25, 0.3) is 0 Å². The summed E-state index contributed by atoms with van der Waals surface area (Å²) < 4.78 is 0. The summed E-state index contributed by atoms with van der Waals surface area (Å²) in [5.74, 6) is 0.714. The van der Waals surface area contributed by atoms with Crippen LogP contribution in [-0.4, -0.2) is 25.0 Å². The molecule has 18 heavy (non-hydrogen) atoms. The fourth-order valence-electron chi connectivity index (χ4n) is 1.98. The number of hydrogen-bond acceptors (Lipinski definition) is 2. The van der Waals surface area contributed by atoms with Gasteiger partial charge in [-0.05, 0) is 43.6 Å². The molecule has 1 aromatic rings. The van der Waals surface area contributed by atoms with Crippen molar-refractivity contribution in [1.82, 2.24) is 4.90 Å². The molecule has 0 amide bonds. The first-order valence-corrected chi connectivity index (χ1v) is 7.21. The van der Waals surface area contributed by atoms with Crippen molar-refractivity contribution in [2.75, 3.05) is 25.9 Å². The lowest BCUT2D eigenvalue weighted by Crippen LogP contribution is -2.13. The second-order valence-electron chi connectivity index (χ2n) is 4.62. The lowest BCUT2D eigenvalue weighted by atomic mass is 9.98. The van der Waals surface area contributed by atoms with Crippen molar-refractivity contribution in [3.05, 3.63) is 29.8 Å². The van der Waals surface area contributed by atoms with E-state index in [1.807, 2.05) is 26.0 Å². The number of nitrogens with zero attached hydrogens (tertiary/aromatic N) is 1. The third-order valence-corrected chi connectivity index (χ3v) is 2.80. The molecule has 1 aromatic carbocycles. The molecule has 0 bridgehead atoms. The van der Waals surface area contributed by atoms with Crippen molar-refractivity contribution >= 4 is 5.69 Å². The van der Waals surface area contributed by atoms with Gasteiger partial charge >= 0.3 is 0 Å². The fourth-order valence-corrected chi connectivity index (χ4v) is 1.98. The van der Waals surface area contributed by atoms with Crippen LogP contribution >= 0.6 is 0 Å². The van der Waals surface area contributed by atoms with Crippen LogP contribution < -0.4 is 5.73 Å². The van der Waals surface area contributed by atoms with Gasteiger partial charge in [-0.2, -0.15) is 0 Å². The first kappa shape index (κ1) is 17.0. The molecular formula is C16H32N2.